The molecular weight excluding hydrogens is 378 g/mol. The second-order valence-electron chi connectivity index (χ2n) is 8.42. The van der Waals surface area contributed by atoms with Crippen LogP contribution in [-0.4, -0.2) is 48.5 Å². The summed E-state index contributed by atoms with van der Waals surface area (Å²) in [7, 11) is 3.29. The quantitative estimate of drug-likeness (QED) is 0.720. The fourth-order valence-electron chi connectivity index (χ4n) is 4.10. The molecule has 1 fully saturated rings. The number of carbonyl (C=O) groups excluding carboxylic acids is 1. The maximum absolute atomic E-state index is 12.5. The lowest BCUT2D eigenvalue weighted by Gasteiger charge is -2.25. The number of fused-ring (bicyclic) bond motifs is 1. The van der Waals surface area contributed by atoms with Gasteiger partial charge in [0.15, 0.2) is 5.58 Å². The van der Waals surface area contributed by atoms with Gasteiger partial charge >= 0.3 is 5.91 Å². The van der Waals surface area contributed by atoms with Crippen molar-refractivity contribution in [3.05, 3.63) is 47.3 Å². The Hall–Kier alpha value is -3.37. The molecule has 0 radical (unpaired) electrons. The lowest BCUT2D eigenvalue weighted by molar-refractivity contribution is 0.0791. The zero-order valence-corrected chi connectivity index (χ0v) is 17.7. The van der Waals surface area contributed by atoms with Gasteiger partial charge < -0.3 is 20.0 Å². The number of nitrogens with two attached hydrogens (primary N) is 1. The second-order valence-corrected chi connectivity index (χ2v) is 8.42. The van der Waals surface area contributed by atoms with E-state index in [2.05, 4.69) is 16.0 Å². The highest BCUT2D eigenvalue weighted by molar-refractivity contribution is 6.04. The first-order chi connectivity index (χ1) is 14.2. The van der Waals surface area contributed by atoms with Gasteiger partial charge in [-0.2, -0.15) is 5.26 Å². The summed E-state index contributed by atoms with van der Waals surface area (Å²) in [6.45, 7) is 5.35. The summed E-state index contributed by atoms with van der Waals surface area (Å²) in [6, 6.07) is 12.2. The minimum absolute atomic E-state index is 0.0212. The Morgan fingerprint density at radius 2 is 2.03 bits per heavy atom. The third-order valence-corrected chi connectivity index (χ3v) is 5.65. The number of aromatic nitrogens is 1. The normalized spacial score (nSPS) is 18.6. The van der Waals surface area contributed by atoms with Gasteiger partial charge in [0.25, 0.3) is 5.89 Å². The molecule has 2 aromatic carbocycles. The van der Waals surface area contributed by atoms with E-state index in [1.807, 2.05) is 44.2 Å². The number of anilines is 1. The van der Waals surface area contributed by atoms with Gasteiger partial charge in [-0.25, -0.2) is 4.98 Å². The van der Waals surface area contributed by atoms with Crippen molar-refractivity contribution in [2.45, 2.75) is 25.8 Å². The van der Waals surface area contributed by atoms with Crippen molar-refractivity contribution in [3.63, 3.8) is 0 Å². The summed E-state index contributed by atoms with van der Waals surface area (Å²) in [4.78, 5) is 20.6. The van der Waals surface area contributed by atoms with Gasteiger partial charge in [0.2, 0.25) is 0 Å². The van der Waals surface area contributed by atoms with Gasteiger partial charge in [0.1, 0.15) is 11.6 Å². The van der Waals surface area contributed by atoms with Gasteiger partial charge in [0, 0.05) is 38.3 Å². The van der Waals surface area contributed by atoms with Crippen LogP contribution >= 0.6 is 0 Å². The molecule has 0 unspecified atom stereocenters. The van der Waals surface area contributed by atoms with Crippen molar-refractivity contribution >= 4 is 22.7 Å². The highest BCUT2D eigenvalue weighted by atomic mass is 16.4. The van der Waals surface area contributed by atoms with E-state index in [1.165, 1.54) is 4.90 Å². The van der Waals surface area contributed by atoms with Gasteiger partial charge in [0.05, 0.1) is 11.3 Å². The Bertz CT molecular complexity index is 1170. The summed E-state index contributed by atoms with van der Waals surface area (Å²) in [5.74, 6) is -0.364. The number of nitriles is 1. The van der Waals surface area contributed by atoms with Crippen LogP contribution in [0, 0.1) is 18.3 Å². The third-order valence-electron chi connectivity index (χ3n) is 5.65. The standard InChI is InChI=1S/C23H25N5O2/c1-14-16(12-24)18-20(30-21(26-18)22(29)27(3)4)19(28-11-10-23(2,25)13-28)17(14)15-8-6-5-7-9-15/h5-9H,10-11,13,25H2,1-4H3/t23-/m0/s1. The minimum atomic E-state index is -0.343. The van der Waals surface area contributed by atoms with Crippen molar-refractivity contribution in [1.29, 1.82) is 5.26 Å². The maximum Gasteiger partial charge on any atom is 0.309 e. The fraction of sp³-hybridized carbons (Fsp3) is 0.348. The highest BCUT2D eigenvalue weighted by Crippen LogP contribution is 2.44. The Labute approximate surface area is 175 Å². The Morgan fingerprint density at radius 1 is 1.33 bits per heavy atom. The molecule has 1 atom stereocenters. The van der Waals surface area contributed by atoms with E-state index in [0.717, 1.165) is 35.3 Å². The molecule has 2 heterocycles. The summed E-state index contributed by atoms with van der Waals surface area (Å²) in [6.07, 6.45) is 0.833. The zero-order valence-electron chi connectivity index (χ0n) is 17.7. The number of benzene rings is 2. The number of oxazole rings is 1. The molecule has 1 amide bonds. The van der Waals surface area contributed by atoms with Crippen molar-refractivity contribution < 1.29 is 9.21 Å². The molecule has 4 rings (SSSR count). The summed E-state index contributed by atoms with van der Waals surface area (Å²) >= 11 is 0. The van der Waals surface area contributed by atoms with Crippen LogP contribution in [-0.2, 0) is 0 Å². The molecule has 7 heteroatoms. The SMILES string of the molecule is Cc1c(-c2ccccc2)c(N2CC[C@](C)(N)C2)c2oc(C(=O)N(C)C)nc2c1C#N. The first kappa shape index (κ1) is 19.9. The predicted octanol–water partition coefficient (Wildman–Crippen LogP) is 3.30. The fourth-order valence-corrected chi connectivity index (χ4v) is 4.10. The maximum atomic E-state index is 12.5. The van der Waals surface area contributed by atoms with Crippen LogP contribution in [0.1, 0.15) is 35.2 Å². The van der Waals surface area contributed by atoms with Crippen LogP contribution in [0.4, 0.5) is 5.69 Å². The molecule has 1 saturated heterocycles. The van der Waals surface area contributed by atoms with E-state index in [0.29, 0.717) is 23.2 Å². The van der Waals surface area contributed by atoms with Crippen LogP contribution in [0.3, 0.4) is 0 Å². The lowest BCUT2D eigenvalue weighted by Crippen LogP contribution is -2.39. The van der Waals surface area contributed by atoms with Crippen molar-refractivity contribution in [1.82, 2.24) is 9.88 Å². The van der Waals surface area contributed by atoms with E-state index in [1.54, 1.807) is 14.1 Å². The van der Waals surface area contributed by atoms with Crippen LogP contribution in [0.15, 0.2) is 34.7 Å². The van der Waals surface area contributed by atoms with Crippen LogP contribution in [0.25, 0.3) is 22.2 Å². The minimum Gasteiger partial charge on any atom is -0.430 e. The Kier molecular flexibility index (Phi) is 4.75. The summed E-state index contributed by atoms with van der Waals surface area (Å²) < 4.78 is 6.03. The molecule has 154 valence electrons. The van der Waals surface area contributed by atoms with Crippen molar-refractivity contribution in [2.24, 2.45) is 5.73 Å². The largest absolute Gasteiger partial charge is 0.430 e. The molecule has 1 aliphatic heterocycles. The average Bonchev–Trinajstić information content (AvgIpc) is 3.30. The molecule has 0 spiro atoms. The highest BCUT2D eigenvalue weighted by Gasteiger charge is 2.35. The number of nitrogens with zero attached hydrogens (tertiary/aromatic N) is 4. The molecule has 3 aromatic rings. The van der Waals surface area contributed by atoms with Crippen molar-refractivity contribution in [3.8, 4) is 17.2 Å². The first-order valence-corrected chi connectivity index (χ1v) is 9.91. The van der Waals surface area contributed by atoms with Crippen LogP contribution in [0.5, 0.6) is 0 Å². The Balaban J connectivity index is 2.08. The summed E-state index contributed by atoms with van der Waals surface area (Å²) in [5, 5.41) is 9.92. The molecule has 30 heavy (non-hydrogen) atoms. The topological polar surface area (TPSA) is 99.4 Å². The molecule has 0 saturated carbocycles. The molecule has 7 nitrogen and oxygen atoms in total. The molecule has 1 aromatic heterocycles. The Morgan fingerprint density at radius 3 is 2.60 bits per heavy atom. The number of hydrogen-bond acceptors (Lipinski definition) is 6. The molecule has 0 aliphatic carbocycles. The average molecular weight is 403 g/mol. The van der Waals surface area contributed by atoms with Crippen molar-refractivity contribution in [2.75, 3.05) is 32.1 Å². The van der Waals surface area contributed by atoms with E-state index in [4.69, 9.17) is 10.2 Å². The zero-order chi connectivity index (χ0) is 21.6. The number of rotatable bonds is 3. The molecule has 0 bridgehead atoms. The van der Waals surface area contributed by atoms with Crippen LogP contribution in [0.2, 0.25) is 0 Å². The van der Waals surface area contributed by atoms with E-state index >= 15 is 0 Å². The monoisotopic (exact) mass is 403 g/mol. The van der Waals surface area contributed by atoms with Gasteiger partial charge in [-0.1, -0.05) is 30.3 Å². The van der Waals surface area contributed by atoms with Gasteiger partial charge in [-0.15, -0.1) is 0 Å². The first-order valence-electron chi connectivity index (χ1n) is 9.91. The van der Waals surface area contributed by atoms with E-state index in [-0.39, 0.29) is 17.3 Å². The van der Waals surface area contributed by atoms with E-state index < -0.39 is 0 Å². The lowest BCUT2D eigenvalue weighted by atomic mass is 9.93. The second kappa shape index (κ2) is 7.15. The smallest absolute Gasteiger partial charge is 0.309 e. The molecule has 1 aliphatic rings. The van der Waals surface area contributed by atoms with Gasteiger partial charge in [-0.05, 0) is 31.4 Å². The molecule has 2 N–H and O–H groups in total. The summed E-state index contributed by atoms with van der Waals surface area (Å²) in [5.41, 5.74) is 10.9. The van der Waals surface area contributed by atoms with E-state index in [9.17, 15) is 10.1 Å². The van der Waals surface area contributed by atoms with Gasteiger partial charge in [-0.3, -0.25) is 4.79 Å². The predicted molar refractivity (Wildman–Crippen MR) is 116 cm³/mol. The number of carbonyl (C=O) groups is 1. The van der Waals surface area contributed by atoms with Crippen LogP contribution < -0.4 is 10.6 Å². The number of hydrogen-bond donors (Lipinski definition) is 1. The number of amides is 1. The molecular formula is C23H25N5O2. The third kappa shape index (κ3) is 3.19.